The van der Waals surface area contributed by atoms with Crippen molar-refractivity contribution in [2.24, 2.45) is 0 Å². The summed E-state index contributed by atoms with van der Waals surface area (Å²) in [6.45, 7) is 13.5. The molecule has 21 nitrogen and oxygen atoms in total. The van der Waals surface area contributed by atoms with Crippen molar-refractivity contribution in [1.29, 1.82) is 0 Å². The molecule has 0 fully saturated rings. The molecule has 0 amide bonds. The smallest absolute Gasteiger partial charge is 0 e. The fraction of sp³-hybridized carbons (Fsp3) is 0.480. The van der Waals surface area contributed by atoms with Crippen LogP contribution in [0.2, 0.25) is 0 Å². The van der Waals surface area contributed by atoms with E-state index in [1.807, 2.05) is 0 Å². The minimum atomic E-state index is -4.42. The van der Waals surface area contributed by atoms with E-state index in [1.54, 1.807) is 72.8 Å². The summed E-state index contributed by atoms with van der Waals surface area (Å²) in [5.74, 6) is 0. The van der Waals surface area contributed by atoms with Gasteiger partial charge in [-0.1, -0.05) is 150 Å². The molecule has 1 radical (unpaired) electrons. The van der Waals surface area contributed by atoms with Gasteiger partial charge in [0, 0.05) is 16.8 Å². The van der Waals surface area contributed by atoms with E-state index in [0.717, 1.165) is 187 Å². The zero-order chi connectivity index (χ0) is 77.5. The number of hydrogen-bond donors (Lipinski definition) is 0. The van der Waals surface area contributed by atoms with Crippen molar-refractivity contribution in [2.45, 2.75) is 222 Å². The Bertz CT molecular complexity index is 3480. The summed E-state index contributed by atoms with van der Waals surface area (Å²) in [5, 5.41) is 0. The molecule has 0 saturated carbocycles. The monoisotopic (exact) mass is 1760 g/mol. The second-order valence-corrected chi connectivity index (χ2v) is 38.9. The molecule has 0 aliphatic heterocycles. The van der Waals surface area contributed by atoms with Crippen molar-refractivity contribution in [3.05, 3.63) is 199 Å². The molecule has 6 aromatic rings. The number of unbranched alkanes of at least 4 members (excludes halogenated alkanes) is 18. The van der Waals surface area contributed by atoms with Gasteiger partial charge in [-0.3, -0.25) is 0 Å². The summed E-state index contributed by atoms with van der Waals surface area (Å²) >= 11 is 0. The van der Waals surface area contributed by atoms with Crippen LogP contribution >= 0.6 is 15.8 Å². The summed E-state index contributed by atoms with van der Waals surface area (Å²) in [7, 11) is -26.6. The Balaban J connectivity index is -0.000000595. The van der Waals surface area contributed by atoms with Crippen LogP contribution in [0.15, 0.2) is 175 Å². The zero-order valence-electron chi connectivity index (χ0n) is 64.1. The number of hydrogen-bond acceptors (Lipinski definition) is 18. The van der Waals surface area contributed by atoms with Gasteiger partial charge in [0.2, 0.25) is 0 Å². The molecule has 0 spiro atoms. The van der Waals surface area contributed by atoms with E-state index >= 15 is 0 Å². The van der Waals surface area contributed by atoms with E-state index in [9.17, 15) is 77.8 Å². The third kappa shape index (κ3) is 55.2. The van der Waals surface area contributed by atoms with Crippen LogP contribution in [0.5, 0.6) is 0 Å². The predicted octanol–water partition coefficient (Wildman–Crippen LogP) is 0.0848. The maximum Gasteiger partial charge on any atom is 1.00 e. The minimum Gasteiger partial charge on any atom is 0 e. The van der Waals surface area contributed by atoms with Gasteiger partial charge in [-0.25, -0.2) is 50.5 Å². The van der Waals surface area contributed by atoms with Crippen LogP contribution in [-0.2, 0) is 130 Å². The molecule has 0 aromatic heterocycles. The summed E-state index contributed by atoms with van der Waals surface area (Å²) in [5.41, 5.74) is 6.22. The molecule has 0 aliphatic rings. The maximum absolute atomic E-state index is 11.1. The molecule has 0 saturated heterocycles. The zero-order valence-corrected chi connectivity index (χ0v) is 81.8. The van der Waals surface area contributed by atoms with E-state index in [2.05, 4.69) is 20.0 Å². The number of benzene rings is 6. The first-order chi connectivity index (χ1) is 49.4. The van der Waals surface area contributed by atoms with E-state index in [1.165, 1.54) is 148 Å². The summed E-state index contributed by atoms with van der Waals surface area (Å²) in [6.07, 6.45) is 39.6. The normalized spacial score (nSPS) is 11.2. The van der Waals surface area contributed by atoms with Crippen LogP contribution in [0.4, 0.5) is 0 Å². The van der Waals surface area contributed by atoms with Crippen LogP contribution < -0.4 is 148 Å². The van der Waals surface area contributed by atoms with Crippen LogP contribution in [0.25, 0.3) is 0 Å². The Morgan fingerprint density at radius 1 is 0.200 bits per heavy atom. The summed E-state index contributed by atoms with van der Waals surface area (Å²) in [4.78, 5) is -1.16. The molecule has 0 unspecified atom stereocenters. The Labute approximate surface area is 780 Å². The quantitative estimate of drug-likeness (QED) is 0.0122. The van der Waals surface area contributed by atoms with Gasteiger partial charge < -0.3 is 27.3 Å². The first-order valence-electron chi connectivity index (χ1n) is 34.8. The second-order valence-electron chi connectivity index (χ2n) is 25.3. The minimum absolute atomic E-state index is 0. The van der Waals surface area contributed by atoms with Gasteiger partial charge in [-0.2, -0.15) is 0 Å². The Morgan fingerprint density at radius 2 is 0.300 bits per heavy atom. The molecule has 0 aliphatic carbocycles. The van der Waals surface area contributed by atoms with Gasteiger partial charge >= 0.3 is 182 Å². The molecule has 0 bridgehead atoms. The Hall–Kier alpha value is 0.366. The molecule has 583 valence electrons. The van der Waals surface area contributed by atoms with Gasteiger partial charge in [0.15, 0.2) is 0 Å². The molecule has 0 heterocycles. The molecule has 6 rings (SSSR count). The van der Waals surface area contributed by atoms with Crippen molar-refractivity contribution < 1.29 is 256 Å². The number of rotatable bonds is 48. The van der Waals surface area contributed by atoms with Crippen molar-refractivity contribution in [3.8, 4) is 0 Å². The Morgan fingerprint density at radius 3 is 0.400 bits per heavy atom. The Kier molecular flexibility index (Phi) is 72.5. The molecule has 35 heteroatoms. The summed E-state index contributed by atoms with van der Waals surface area (Å²) < 4.78 is 223. The molecule has 0 N–H and O–H groups in total. The fourth-order valence-electron chi connectivity index (χ4n) is 11.7. The average molecular weight is 1760 g/mol. The molecule has 0 atom stereocenters. The van der Waals surface area contributed by atoms with Gasteiger partial charge in [0.25, 0.3) is 0 Å². The van der Waals surface area contributed by atoms with Crippen molar-refractivity contribution in [3.63, 3.8) is 0 Å². The largest absolute Gasteiger partial charge is 1.00 e. The SMILES string of the molecule is O=S(=O)([O-])c1ccc(CCCCCCP(CCCCCCc2ccc(S(=O)(=O)[O-])cc2)CCCCCCc2ccc(S(=O)(=O)[O-])cc2)cc1.O=S(=O)([O-])c1ccc(CCCCCCP(CCCCCCc2ccc(S(=O)(=O)[O-])cc2)CCCCCCc2ccc(S(=O)(=O)[O-])cc2)cc1.[C-]#[O+].[C-]#[O+].[C-]#[O+].[Co].[Na+].[Na+].[Na+].[Na+].[Na+]. The fourth-order valence-corrected chi connectivity index (χ4v) is 19.9. The van der Waals surface area contributed by atoms with E-state index in [-0.39, 0.29) is 210 Å². The topological polar surface area (TPSA) is 403 Å². The predicted molar refractivity (Wildman–Crippen MR) is 394 cm³/mol. The van der Waals surface area contributed by atoms with Gasteiger partial charge in [-0.15, -0.1) is 15.8 Å². The first kappa shape index (κ1) is 119. The van der Waals surface area contributed by atoms with Crippen molar-refractivity contribution in [2.75, 3.05) is 37.0 Å². The van der Waals surface area contributed by atoms with E-state index < -0.39 is 60.7 Å². The van der Waals surface area contributed by atoms with Gasteiger partial charge in [-0.05, 0) is 259 Å². The molecule has 6 aromatic carbocycles. The first-order valence-corrected chi connectivity index (χ1v) is 47.0. The molecular formula is C75H96CoNa5O21P2S6-. The van der Waals surface area contributed by atoms with E-state index in [0.29, 0.717) is 0 Å². The maximum atomic E-state index is 11.1. The van der Waals surface area contributed by atoms with Crippen LogP contribution in [-0.4, -0.2) is 115 Å². The van der Waals surface area contributed by atoms with Crippen LogP contribution in [0.1, 0.15) is 187 Å². The molecule has 110 heavy (non-hydrogen) atoms. The molecular weight excluding hydrogens is 1670 g/mol. The summed E-state index contributed by atoms with van der Waals surface area (Å²) in [6, 6.07) is 37.2. The van der Waals surface area contributed by atoms with E-state index in [4.69, 9.17) is 14.0 Å². The van der Waals surface area contributed by atoms with Crippen molar-refractivity contribution >= 4 is 76.6 Å². The van der Waals surface area contributed by atoms with Gasteiger partial charge in [0.05, 0.1) is 29.4 Å². The van der Waals surface area contributed by atoms with Crippen molar-refractivity contribution in [1.82, 2.24) is 0 Å². The third-order valence-corrected chi connectivity index (χ3v) is 28.2. The third-order valence-electron chi connectivity index (χ3n) is 17.4. The standard InChI is InChI=1S/2C36H51O9PS3.3CO.Co.5Na/c2*37-47(38,39)34-22-16-31(17-23-34)13-7-1-4-10-28-46(29-11-5-2-8-14-32-18-24-35(25-19-32)48(40,41)42)30-12-6-3-9-15-33-20-26-36(27-21-33)49(43,44)45;3*1-2;;;;;;/h2*16-27H,1-15,28-30H2,(H,37,38,39)(H,40,41,42)(H,43,44,45);;;;;;;;;/q;;;;;;5*+1/p-6. The van der Waals surface area contributed by atoms with Crippen LogP contribution in [0, 0.1) is 20.0 Å². The number of aryl methyl sites for hydroxylation is 6. The second kappa shape index (κ2) is 67.1. The van der Waals surface area contributed by atoms with Gasteiger partial charge in [0.1, 0.15) is 60.7 Å². The average Bonchev–Trinajstić information content (AvgIpc) is 0.896. The van der Waals surface area contributed by atoms with Crippen LogP contribution in [0.3, 0.4) is 0 Å².